The molecule has 1 aromatic rings. The fourth-order valence-corrected chi connectivity index (χ4v) is 4.85. The molecule has 2 saturated carbocycles. The maximum absolute atomic E-state index is 12.9. The minimum absolute atomic E-state index is 0.230. The maximum Gasteiger partial charge on any atom is 0.171 e. The molecule has 4 rings (SSSR count). The van der Waals surface area contributed by atoms with Crippen LogP contribution in [0.2, 0.25) is 0 Å². The molecule has 2 bridgehead atoms. The number of thiocarbonyl (C=S) groups is 1. The van der Waals surface area contributed by atoms with Gasteiger partial charge in [0.15, 0.2) is 5.11 Å². The first-order valence-electron chi connectivity index (χ1n) is 7.70. The Bertz CT molecular complexity index is 583. The summed E-state index contributed by atoms with van der Waals surface area (Å²) >= 11 is 5.41. The van der Waals surface area contributed by atoms with Crippen molar-refractivity contribution in [2.24, 2.45) is 23.7 Å². The van der Waals surface area contributed by atoms with Crippen LogP contribution in [0.1, 0.15) is 19.3 Å². The third kappa shape index (κ3) is 2.35. The van der Waals surface area contributed by atoms with E-state index in [0.29, 0.717) is 11.2 Å². The van der Waals surface area contributed by atoms with Crippen molar-refractivity contribution in [2.75, 3.05) is 5.32 Å². The van der Waals surface area contributed by atoms with Crippen molar-refractivity contribution in [2.45, 2.75) is 25.3 Å². The zero-order valence-electron chi connectivity index (χ0n) is 11.8. The maximum atomic E-state index is 12.9. The molecule has 2 nitrogen and oxygen atoms in total. The Kier molecular flexibility index (Phi) is 3.21. The van der Waals surface area contributed by atoms with Crippen LogP contribution >= 0.6 is 12.2 Å². The second kappa shape index (κ2) is 5.09. The molecule has 110 valence electrons. The molecule has 0 saturated heterocycles. The highest BCUT2D eigenvalue weighted by molar-refractivity contribution is 7.80. The Morgan fingerprint density at radius 2 is 1.95 bits per heavy atom. The summed E-state index contributed by atoms with van der Waals surface area (Å²) in [6.07, 6.45) is 8.62. The number of nitrogens with one attached hydrogen (secondary N) is 2. The first kappa shape index (κ1) is 13.3. The Balaban J connectivity index is 1.37. The predicted molar refractivity (Wildman–Crippen MR) is 86.5 cm³/mol. The largest absolute Gasteiger partial charge is 0.359 e. The van der Waals surface area contributed by atoms with Gasteiger partial charge >= 0.3 is 0 Å². The third-order valence-electron chi connectivity index (χ3n) is 5.43. The second-order valence-electron chi connectivity index (χ2n) is 6.51. The van der Waals surface area contributed by atoms with Gasteiger partial charge < -0.3 is 10.6 Å². The standard InChI is InChI=1S/C17H19FN2S/c18-11-4-6-12(7-5-11)19-17(21)20-16-9-10-8-15(16)14-3-1-2-13(10)14/h1,3-7,10,13-16H,2,8-9H2,(H2,19,20,21)/t10-,13-,14+,15-,16+/m1/s1. The van der Waals surface area contributed by atoms with Gasteiger partial charge in [-0.05, 0) is 79.4 Å². The van der Waals surface area contributed by atoms with E-state index < -0.39 is 0 Å². The Morgan fingerprint density at radius 1 is 1.14 bits per heavy atom. The second-order valence-corrected chi connectivity index (χ2v) is 6.92. The normalized spacial score (nSPS) is 35.8. The highest BCUT2D eigenvalue weighted by Gasteiger charge is 2.52. The van der Waals surface area contributed by atoms with Crippen LogP contribution in [0.3, 0.4) is 0 Å². The fraction of sp³-hybridized carbons (Fsp3) is 0.471. The first-order valence-corrected chi connectivity index (χ1v) is 8.11. The van der Waals surface area contributed by atoms with Gasteiger partial charge in [-0.25, -0.2) is 4.39 Å². The minimum Gasteiger partial charge on any atom is -0.359 e. The van der Waals surface area contributed by atoms with Crippen molar-refractivity contribution in [3.63, 3.8) is 0 Å². The van der Waals surface area contributed by atoms with Crippen LogP contribution in [-0.4, -0.2) is 11.2 Å². The number of hydrogen-bond donors (Lipinski definition) is 2. The topological polar surface area (TPSA) is 24.1 Å². The lowest BCUT2D eigenvalue weighted by atomic mass is 9.79. The summed E-state index contributed by atoms with van der Waals surface area (Å²) in [6.45, 7) is 0. The van der Waals surface area contributed by atoms with Crippen molar-refractivity contribution < 1.29 is 4.39 Å². The van der Waals surface area contributed by atoms with Gasteiger partial charge in [-0.3, -0.25) is 0 Å². The number of fused-ring (bicyclic) bond motifs is 5. The molecule has 0 unspecified atom stereocenters. The molecule has 2 N–H and O–H groups in total. The zero-order chi connectivity index (χ0) is 14.4. The number of rotatable bonds is 2. The van der Waals surface area contributed by atoms with Crippen LogP contribution in [0, 0.1) is 29.5 Å². The quantitative estimate of drug-likeness (QED) is 0.643. The monoisotopic (exact) mass is 302 g/mol. The van der Waals surface area contributed by atoms with Gasteiger partial charge in [0.05, 0.1) is 0 Å². The molecule has 0 spiro atoms. The zero-order valence-corrected chi connectivity index (χ0v) is 12.6. The number of benzene rings is 1. The SMILES string of the molecule is Fc1ccc(NC(=S)N[C@H]2C[C@H]3C[C@@H]2[C@H]2C=CC[C@H]32)cc1. The van der Waals surface area contributed by atoms with Gasteiger partial charge in [0, 0.05) is 11.7 Å². The van der Waals surface area contributed by atoms with E-state index in [2.05, 4.69) is 22.8 Å². The number of halogens is 1. The van der Waals surface area contributed by atoms with Crippen molar-refractivity contribution in [1.82, 2.24) is 5.32 Å². The van der Waals surface area contributed by atoms with Crippen molar-refractivity contribution in [1.29, 1.82) is 0 Å². The molecule has 3 aliphatic rings. The molecule has 4 heteroatoms. The van der Waals surface area contributed by atoms with E-state index in [-0.39, 0.29) is 5.82 Å². The third-order valence-corrected chi connectivity index (χ3v) is 5.65. The van der Waals surface area contributed by atoms with E-state index in [1.54, 1.807) is 12.1 Å². The van der Waals surface area contributed by atoms with Crippen LogP contribution < -0.4 is 10.6 Å². The Hall–Kier alpha value is -1.42. The summed E-state index contributed by atoms with van der Waals surface area (Å²) < 4.78 is 12.9. The summed E-state index contributed by atoms with van der Waals surface area (Å²) in [7, 11) is 0. The van der Waals surface area contributed by atoms with E-state index in [1.807, 2.05) is 0 Å². The molecule has 2 fully saturated rings. The summed E-state index contributed by atoms with van der Waals surface area (Å²) in [5, 5.41) is 7.28. The lowest BCUT2D eigenvalue weighted by Crippen LogP contribution is -2.44. The van der Waals surface area contributed by atoms with E-state index in [9.17, 15) is 4.39 Å². The molecule has 5 atom stereocenters. The van der Waals surface area contributed by atoms with Crippen LogP contribution in [0.4, 0.5) is 10.1 Å². The molecular formula is C17H19FN2S. The molecule has 0 heterocycles. The van der Waals surface area contributed by atoms with Gasteiger partial charge in [0.1, 0.15) is 5.82 Å². The highest BCUT2D eigenvalue weighted by atomic mass is 32.1. The predicted octanol–water partition coefficient (Wildman–Crippen LogP) is 3.71. The molecule has 0 aliphatic heterocycles. The van der Waals surface area contributed by atoms with Gasteiger partial charge in [-0.1, -0.05) is 12.2 Å². The van der Waals surface area contributed by atoms with Gasteiger partial charge in [-0.2, -0.15) is 0 Å². The van der Waals surface area contributed by atoms with Crippen molar-refractivity contribution >= 4 is 23.0 Å². The lowest BCUT2D eigenvalue weighted by Gasteiger charge is -2.32. The van der Waals surface area contributed by atoms with E-state index in [0.717, 1.165) is 29.4 Å². The van der Waals surface area contributed by atoms with Gasteiger partial charge in [0.2, 0.25) is 0 Å². The first-order chi connectivity index (χ1) is 10.2. The molecule has 0 aromatic heterocycles. The van der Waals surface area contributed by atoms with Gasteiger partial charge in [0.25, 0.3) is 0 Å². The van der Waals surface area contributed by atoms with E-state index in [1.165, 1.54) is 31.4 Å². The van der Waals surface area contributed by atoms with Crippen molar-refractivity contribution in [3.05, 3.63) is 42.2 Å². The molecule has 0 radical (unpaired) electrons. The minimum atomic E-state index is -0.230. The van der Waals surface area contributed by atoms with Gasteiger partial charge in [-0.15, -0.1) is 0 Å². The average Bonchev–Trinajstić information content (AvgIpc) is 3.13. The summed E-state index contributed by atoms with van der Waals surface area (Å²) in [5.41, 5.74) is 0.829. The number of anilines is 1. The van der Waals surface area contributed by atoms with Crippen LogP contribution in [0.15, 0.2) is 36.4 Å². The van der Waals surface area contributed by atoms with Crippen LogP contribution in [0.5, 0.6) is 0 Å². The molecular weight excluding hydrogens is 283 g/mol. The van der Waals surface area contributed by atoms with Crippen LogP contribution in [0.25, 0.3) is 0 Å². The Morgan fingerprint density at radius 3 is 2.76 bits per heavy atom. The molecule has 21 heavy (non-hydrogen) atoms. The fourth-order valence-electron chi connectivity index (χ4n) is 4.58. The summed E-state index contributed by atoms with van der Waals surface area (Å²) in [4.78, 5) is 0. The highest BCUT2D eigenvalue weighted by Crippen LogP contribution is 2.56. The smallest absolute Gasteiger partial charge is 0.171 e. The summed E-state index contributed by atoms with van der Waals surface area (Å²) in [5.74, 6) is 3.01. The average molecular weight is 302 g/mol. The summed E-state index contributed by atoms with van der Waals surface area (Å²) in [6, 6.07) is 6.78. The Labute approximate surface area is 129 Å². The number of allylic oxidation sites excluding steroid dienone is 2. The molecule has 1 aromatic carbocycles. The molecule has 0 amide bonds. The van der Waals surface area contributed by atoms with Crippen LogP contribution in [-0.2, 0) is 0 Å². The van der Waals surface area contributed by atoms with Crippen molar-refractivity contribution in [3.8, 4) is 0 Å². The lowest BCUT2D eigenvalue weighted by molar-refractivity contribution is 0.246. The van der Waals surface area contributed by atoms with E-state index in [4.69, 9.17) is 12.2 Å². The van der Waals surface area contributed by atoms with E-state index >= 15 is 0 Å². The number of hydrogen-bond acceptors (Lipinski definition) is 1. The molecule has 3 aliphatic carbocycles.